The van der Waals surface area contributed by atoms with Crippen molar-refractivity contribution in [3.8, 4) is 22.4 Å². The fraction of sp³-hybridized carbons (Fsp3) is 0.0172. The van der Waals surface area contributed by atoms with Crippen LogP contribution in [0.1, 0.15) is 22.9 Å². The molecule has 0 spiro atoms. The van der Waals surface area contributed by atoms with Crippen LogP contribution < -0.4 is 5.32 Å². The molecular weight excluding hydrogens is 769 g/mol. The lowest BCUT2D eigenvalue weighted by Crippen LogP contribution is -2.33. The minimum atomic E-state index is -0.307. The number of nitrogens with zero attached hydrogens (tertiary/aromatic N) is 3. The van der Waals surface area contributed by atoms with Crippen molar-refractivity contribution in [2.75, 3.05) is 0 Å². The van der Waals surface area contributed by atoms with E-state index in [9.17, 15) is 0 Å². The van der Waals surface area contributed by atoms with E-state index < -0.39 is 0 Å². The van der Waals surface area contributed by atoms with Gasteiger partial charge in [0.1, 0.15) is 23.2 Å². The SMILES string of the molecule is c1ccc(C2=NC(c3ccccc3)NC(c3cccc(-c4nc5ccccc5c5c(-c6ccc7c8ccccc8c8ccccc8c7c6)c6c(cc45)oc4ccccc46)c3)=N2)cc1. The molecule has 294 valence electrons. The average Bonchev–Trinajstić information content (AvgIpc) is 3.74. The Labute approximate surface area is 362 Å². The van der Waals surface area contributed by atoms with E-state index in [0.29, 0.717) is 5.84 Å². The van der Waals surface area contributed by atoms with Gasteiger partial charge < -0.3 is 9.73 Å². The van der Waals surface area contributed by atoms with E-state index in [1.54, 1.807) is 0 Å². The van der Waals surface area contributed by atoms with E-state index in [1.807, 2.05) is 42.5 Å². The Morgan fingerprint density at radius 1 is 0.397 bits per heavy atom. The highest BCUT2D eigenvalue weighted by Crippen LogP contribution is 2.47. The van der Waals surface area contributed by atoms with Crippen LogP contribution in [0.25, 0.3) is 98.3 Å². The smallest absolute Gasteiger partial charge is 0.159 e. The third kappa shape index (κ3) is 5.67. The molecule has 0 amide bonds. The molecule has 5 heteroatoms. The average molecular weight is 805 g/mol. The number of aromatic nitrogens is 1. The molecule has 1 aliphatic heterocycles. The van der Waals surface area contributed by atoms with E-state index >= 15 is 0 Å². The summed E-state index contributed by atoms with van der Waals surface area (Å²) in [6.07, 6.45) is -0.307. The van der Waals surface area contributed by atoms with Gasteiger partial charge in [0.25, 0.3) is 0 Å². The normalized spacial score (nSPS) is 14.2. The molecule has 5 nitrogen and oxygen atoms in total. The van der Waals surface area contributed by atoms with Crippen LogP contribution in [0.2, 0.25) is 0 Å². The number of rotatable bonds is 5. The van der Waals surface area contributed by atoms with E-state index in [1.165, 1.54) is 32.3 Å². The zero-order valence-electron chi connectivity index (χ0n) is 34.0. The van der Waals surface area contributed by atoms with Gasteiger partial charge in [-0.1, -0.05) is 176 Å². The number of aliphatic imine (C=N–C) groups is 2. The maximum absolute atomic E-state index is 6.80. The summed E-state index contributed by atoms with van der Waals surface area (Å²) in [6.45, 7) is 0. The maximum Gasteiger partial charge on any atom is 0.159 e. The van der Waals surface area contributed by atoms with Crippen molar-refractivity contribution in [1.29, 1.82) is 0 Å². The second kappa shape index (κ2) is 14.1. The van der Waals surface area contributed by atoms with Gasteiger partial charge in [-0.25, -0.2) is 15.0 Å². The fourth-order valence-corrected chi connectivity index (χ4v) is 9.82. The van der Waals surface area contributed by atoms with E-state index in [-0.39, 0.29) is 6.17 Å². The minimum absolute atomic E-state index is 0.307. The van der Waals surface area contributed by atoms with Gasteiger partial charge in [0.15, 0.2) is 5.84 Å². The molecule has 2 aromatic heterocycles. The Kier molecular flexibility index (Phi) is 7.90. The summed E-state index contributed by atoms with van der Waals surface area (Å²) < 4.78 is 6.80. The van der Waals surface area contributed by atoms with Gasteiger partial charge in [0.2, 0.25) is 0 Å². The quantitative estimate of drug-likeness (QED) is 0.176. The molecule has 63 heavy (non-hydrogen) atoms. The summed E-state index contributed by atoms with van der Waals surface area (Å²) in [4.78, 5) is 15.7. The van der Waals surface area contributed by atoms with Crippen LogP contribution in [0, 0.1) is 0 Å². The number of pyridine rings is 1. The summed E-state index contributed by atoms with van der Waals surface area (Å²) >= 11 is 0. The molecule has 1 unspecified atom stereocenters. The topological polar surface area (TPSA) is 62.8 Å². The summed E-state index contributed by atoms with van der Waals surface area (Å²) in [5.74, 6) is 1.44. The number of furan rings is 1. The first-order valence-corrected chi connectivity index (χ1v) is 21.4. The number of amidine groups is 2. The van der Waals surface area contributed by atoms with Crippen LogP contribution in [0.3, 0.4) is 0 Å². The van der Waals surface area contributed by atoms with Crippen LogP contribution in [0.4, 0.5) is 0 Å². The van der Waals surface area contributed by atoms with E-state index in [2.05, 4.69) is 169 Å². The second-order valence-corrected chi connectivity index (χ2v) is 16.3. The van der Waals surface area contributed by atoms with Crippen molar-refractivity contribution < 1.29 is 4.42 Å². The third-order valence-corrected chi connectivity index (χ3v) is 12.7. The van der Waals surface area contributed by atoms with Crippen molar-refractivity contribution in [2.24, 2.45) is 9.98 Å². The van der Waals surface area contributed by atoms with Crippen LogP contribution in [0.5, 0.6) is 0 Å². The Hall–Kier alpha value is -8.41. The van der Waals surface area contributed by atoms with Gasteiger partial charge in [0.05, 0.1) is 11.2 Å². The van der Waals surface area contributed by atoms with Gasteiger partial charge in [0, 0.05) is 49.2 Å². The second-order valence-electron chi connectivity index (χ2n) is 16.3. The molecule has 1 N–H and O–H groups in total. The Bertz CT molecular complexity index is 3850. The third-order valence-electron chi connectivity index (χ3n) is 12.7. The maximum atomic E-state index is 6.80. The lowest BCUT2D eigenvalue weighted by atomic mass is 9.87. The molecule has 1 atom stereocenters. The van der Waals surface area contributed by atoms with E-state index in [0.717, 1.165) is 88.5 Å². The van der Waals surface area contributed by atoms with Gasteiger partial charge >= 0.3 is 0 Å². The summed E-state index contributed by atoms with van der Waals surface area (Å²) in [7, 11) is 0. The predicted octanol–water partition coefficient (Wildman–Crippen LogP) is 14.6. The molecule has 0 aliphatic carbocycles. The van der Waals surface area contributed by atoms with E-state index in [4.69, 9.17) is 19.4 Å². The molecule has 1 aliphatic rings. The highest BCUT2D eigenvalue weighted by molar-refractivity contribution is 6.30. The van der Waals surface area contributed by atoms with Crippen molar-refractivity contribution in [2.45, 2.75) is 6.17 Å². The number of nitrogens with one attached hydrogen (secondary N) is 1. The number of fused-ring (bicyclic) bond motifs is 12. The van der Waals surface area contributed by atoms with Crippen LogP contribution in [-0.2, 0) is 0 Å². The van der Waals surface area contributed by atoms with Gasteiger partial charge in [-0.15, -0.1) is 0 Å². The molecule has 0 saturated carbocycles. The van der Waals surface area contributed by atoms with Crippen LogP contribution in [0.15, 0.2) is 221 Å². The molecule has 0 bridgehead atoms. The monoisotopic (exact) mass is 804 g/mol. The number of para-hydroxylation sites is 2. The van der Waals surface area contributed by atoms with Crippen LogP contribution in [-0.4, -0.2) is 16.7 Å². The molecular formula is C58H36N4O. The first-order valence-electron chi connectivity index (χ1n) is 21.4. The highest BCUT2D eigenvalue weighted by Gasteiger charge is 2.24. The largest absolute Gasteiger partial charge is 0.456 e. The van der Waals surface area contributed by atoms with Crippen molar-refractivity contribution >= 4 is 87.6 Å². The standard InChI is InChI=1S/C58H36N4O/c1-3-16-35(17-4-1)56-60-57(36-18-5-2-6-19-36)62-58(61-56)39-21-15-20-38(32-39)55-48-34-51-54(46-27-12-14-29-50(46)63-51)52(53(48)45-26-11-13-28-49(45)59-55)37-30-31-44-42-24-8-7-22-40(42)41-23-9-10-25-43(41)47(44)33-37/h1-34,56H,(H,60,61,62). The fourth-order valence-electron chi connectivity index (χ4n) is 9.82. The highest BCUT2D eigenvalue weighted by atomic mass is 16.3. The zero-order chi connectivity index (χ0) is 41.4. The molecule has 12 aromatic rings. The number of hydrogen-bond acceptors (Lipinski definition) is 5. The molecule has 13 rings (SSSR count). The minimum Gasteiger partial charge on any atom is -0.456 e. The summed E-state index contributed by atoms with van der Waals surface area (Å²) in [5, 5.41) is 16.6. The molecule has 0 fully saturated rings. The predicted molar refractivity (Wildman–Crippen MR) is 262 cm³/mol. The van der Waals surface area contributed by atoms with Crippen molar-refractivity contribution in [3.05, 3.63) is 223 Å². The number of benzene rings is 10. The van der Waals surface area contributed by atoms with Gasteiger partial charge in [-0.2, -0.15) is 0 Å². The first-order chi connectivity index (χ1) is 31.2. The van der Waals surface area contributed by atoms with Gasteiger partial charge in [-0.3, -0.25) is 0 Å². The molecule has 0 radical (unpaired) electrons. The van der Waals surface area contributed by atoms with Crippen LogP contribution >= 0.6 is 0 Å². The number of hydrogen-bond donors (Lipinski definition) is 1. The summed E-state index contributed by atoms with van der Waals surface area (Å²) in [5.41, 5.74) is 9.69. The Morgan fingerprint density at radius 2 is 1.00 bits per heavy atom. The molecule has 10 aromatic carbocycles. The Balaban J connectivity index is 1.08. The lowest BCUT2D eigenvalue weighted by molar-refractivity contribution is 0.669. The van der Waals surface area contributed by atoms with Crippen molar-refractivity contribution in [1.82, 2.24) is 10.3 Å². The molecule has 3 heterocycles. The van der Waals surface area contributed by atoms with Gasteiger partial charge in [-0.05, 0) is 73.8 Å². The summed E-state index contributed by atoms with van der Waals surface area (Å²) in [6, 6.07) is 72.8. The Morgan fingerprint density at radius 3 is 1.76 bits per heavy atom. The van der Waals surface area contributed by atoms with Crippen molar-refractivity contribution in [3.63, 3.8) is 0 Å². The zero-order valence-corrected chi connectivity index (χ0v) is 34.0. The first kappa shape index (κ1) is 35.4. The molecule has 0 saturated heterocycles. The lowest BCUT2D eigenvalue weighted by Gasteiger charge is -2.24.